The van der Waals surface area contributed by atoms with Crippen molar-refractivity contribution in [3.63, 3.8) is 0 Å². The van der Waals surface area contributed by atoms with Gasteiger partial charge in [-0.05, 0) is 24.5 Å². The van der Waals surface area contributed by atoms with Crippen molar-refractivity contribution in [2.24, 2.45) is 11.7 Å². The summed E-state index contributed by atoms with van der Waals surface area (Å²) in [5, 5.41) is 0. The average molecular weight is 306 g/mol. The normalized spacial score (nSPS) is 12.3. The van der Waals surface area contributed by atoms with Crippen molar-refractivity contribution in [3.05, 3.63) is 16.5 Å². The standard InChI is InChI=1S/C12H22N2O3S2/c1-9(2)8-17-5-4-14-19(15,16)12-6-10(3)11(7-13)18-12/h6,9,14H,4-5,7-8,13H2,1-3H3. The van der Waals surface area contributed by atoms with Gasteiger partial charge in [-0.3, -0.25) is 0 Å². The van der Waals surface area contributed by atoms with E-state index in [-0.39, 0.29) is 6.54 Å². The number of sulfonamides is 1. The molecule has 0 bridgehead atoms. The maximum atomic E-state index is 12.0. The van der Waals surface area contributed by atoms with E-state index in [1.165, 1.54) is 11.3 Å². The van der Waals surface area contributed by atoms with Gasteiger partial charge in [-0.1, -0.05) is 13.8 Å². The minimum Gasteiger partial charge on any atom is -0.380 e. The second-order valence-corrected chi connectivity index (χ2v) is 7.87. The van der Waals surface area contributed by atoms with E-state index in [2.05, 4.69) is 4.72 Å². The molecule has 0 spiro atoms. The van der Waals surface area contributed by atoms with Gasteiger partial charge in [0.05, 0.1) is 6.61 Å². The Bertz CT molecular complexity index is 495. The van der Waals surface area contributed by atoms with Gasteiger partial charge < -0.3 is 10.5 Å². The summed E-state index contributed by atoms with van der Waals surface area (Å²) >= 11 is 1.22. The van der Waals surface area contributed by atoms with E-state index in [0.717, 1.165) is 10.4 Å². The topological polar surface area (TPSA) is 81.4 Å². The summed E-state index contributed by atoms with van der Waals surface area (Å²) in [5.74, 6) is 0.448. The molecule has 0 fully saturated rings. The van der Waals surface area contributed by atoms with Gasteiger partial charge in [-0.2, -0.15) is 0 Å². The SMILES string of the molecule is Cc1cc(S(=O)(=O)NCCOCC(C)C)sc1CN. The lowest BCUT2D eigenvalue weighted by Gasteiger charge is -2.07. The first-order chi connectivity index (χ1) is 8.86. The number of aryl methyl sites for hydroxylation is 1. The fourth-order valence-electron chi connectivity index (χ4n) is 1.46. The van der Waals surface area contributed by atoms with Gasteiger partial charge in [0, 0.05) is 24.6 Å². The zero-order valence-corrected chi connectivity index (χ0v) is 13.2. The van der Waals surface area contributed by atoms with Crippen LogP contribution < -0.4 is 10.5 Å². The van der Waals surface area contributed by atoms with Gasteiger partial charge in [0.15, 0.2) is 0 Å². The molecule has 0 saturated heterocycles. The molecule has 0 radical (unpaired) electrons. The van der Waals surface area contributed by atoms with Crippen molar-refractivity contribution in [2.75, 3.05) is 19.8 Å². The summed E-state index contributed by atoms with van der Waals surface area (Å²) in [7, 11) is -3.44. The van der Waals surface area contributed by atoms with Crippen LogP contribution in [0, 0.1) is 12.8 Å². The number of rotatable bonds is 8. The summed E-state index contributed by atoms with van der Waals surface area (Å²) in [6, 6.07) is 1.66. The molecule has 7 heteroatoms. The summed E-state index contributed by atoms with van der Waals surface area (Å²) in [6.07, 6.45) is 0. The maximum absolute atomic E-state index is 12.0. The van der Waals surface area contributed by atoms with E-state index >= 15 is 0 Å². The molecule has 1 heterocycles. The van der Waals surface area contributed by atoms with Gasteiger partial charge >= 0.3 is 0 Å². The summed E-state index contributed by atoms with van der Waals surface area (Å²) in [6.45, 7) is 7.62. The highest BCUT2D eigenvalue weighted by Gasteiger charge is 2.17. The Hall–Kier alpha value is -0.470. The van der Waals surface area contributed by atoms with Crippen LogP contribution in [0.5, 0.6) is 0 Å². The van der Waals surface area contributed by atoms with Crippen LogP contribution in [0.1, 0.15) is 24.3 Å². The molecule has 0 amide bonds. The van der Waals surface area contributed by atoms with E-state index in [9.17, 15) is 8.42 Å². The molecule has 0 aliphatic heterocycles. The van der Waals surface area contributed by atoms with Crippen molar-refractivity contribution in [1.29, 1.82) is 0 Å². The van der Waals surface area contributed by atoms with E-state index < -0.39 is 10.0 Å². The lowest BCUT2D eigenvalue weighted by atomic mass is 10.2. The molecule has 1 rings (SSSR count). The highest BCUT2D eigenvalue weighted by atomic mass is 32.2. The van der Waals surface area contributed by atoms with Crippen LogP contribution in [0.15, 0.2) is 10.3 Å². The van der Waals surface area contributed by atoms with Gasteiger partial charge in [0.2, 0.25) is 10.0 Å². The minimum absolute atomic E-state index is 0.282. The van der Waals surface area contributed by atoms with Crippen molar-refractivity contribution in [1.82, 2.24) is 4.72 Å². The second kappa shape index (κ2) is 7.35. The molecular formula is C12H22N2O3S2. The van der Waals surface area contributed by atoms with Crippen molar-refractivity contribution < 1.29 is 13.2 Å². The van der Waals surface area contributed by atoms with E-state index in [1.54, 1.807) is 6.07 Å². The molecular weight excluding hydrogens is 284 g/mol. The molecule has 1 aromatic heterocycles. The summed E-state index contributed by atoms with van der Waals surface area (Å²) < 4.78 is 32.2. The summed E-state index contributed by atoms with van der Waals surface area (Å²) in [5.41, 5.74) is 6.47. The predicted octanol–water partition coefficient (Wildman–Crippen LogP) is 1.47. The molecule has 0 aliphatic carbocycles. The van der Waals surface area contributed by atoms with Gasteiger partial charge in [-0.15, -0.1) is 11.3 Å². The third-order valence-corrected chi connectivity index (χ3v) is 5.63. The first kappa shape index (κ1) is 16.6. The number of hydrogen-bond donors (Lipinski definition) is 2. The Morgan fingerprint density at radius 2 is 2.16 bits per heavy atom. The van der Waals surface area contributed by atoms with Crippen LogP contribution in [0.3, 0.4) is 0 Å². The van der Waals surface area contributed by atoms with Crippen molar-refractivity contribution in [3.8, 4) is 0 Å². The molecule has 5 nitrogen and oxygen atoms in total. The fourth-order valence-corrected chi connectivity index (χ4v) is 3.99. The zero-order valence-electron chi connectivity index (χ0n) is 11.6. The average Bonchev–Trinajstić information content (AvgIpc) is 2.70. The maximum Gasteiger partial charge on any atom is 0.250 e. The zero-order chi connectivity index (χ0) is 14.5. The smallest absolute Gasteiger partial charge is 0.250 e. The van der Waals surface area contributed by atoms with Crippen LogP contribution in [0.4, 0.5) is 0 Å². The Kier molecular flexibility index (Phi) is 6.41. The molecule has 0 unspecified atom stereocenters. The van der Waals surface area contributed by atoms with Crippen LogP contribution in [-0.4, -0.2) is 28.2 Å². The van der Waals surface area contributed by atoms with Crippen LogP contribution in [0.25, 0.3) is 0 Å². The van der Waals surface area contributed by atoms with Gasteiger partial charge in [0.1, 0.15) is 4.21 Å². The Morgan fingerprint density at radius 1 is 1.47 bits per heavy atom. The van der Waals surface area contributed by atoms with Crippen molar-refractivity contribution >= 4 is 21.4 Å². The highest BCUT2D eigenvalue weighted by Crippen LogP contribution is 2.25. The minimum atomic E-state index is -3.44. The first-order valence-electron chi connectivity index (χ1n) is 6.23. The molecule has 0 aliphatic rings. The Labute approximate surface area is 119 Å². The quantitative estimate of drug-likeness (QED) is 0.713. The van der Waals surface area contributed by atoms with Gasteiger partial charge in [0.25, 0.3) is 0 Å². The number of thiophene rings is 1. The van der Waals surface area contributed by atoms with Crippen LogP contribution >= 0.6 is 11.3 Å². The molecule has 19 heavy (non-hydrogen) atoms. The molecule has 3 N–H and O–H groups in total. The lowest BCUT2D eigenvalue weighted by molar-refractivity contribution is 0.114. The monoisotopic (exact) mass is 306 g/mol. The Balaban J connectivity index is 2.51. The van der Waals surface area contributed by atoms with Crippen LogP contribution in [0.2, 0.25) is 0 Å². The number of nitrogens with one attached hydrogen (secondary N) is 1. The third kappa shape index (κ3) is 5.19. The molecule has 110 valence electrons. The molecule has 1 aromatic rings. The van der Waals surface area contributed by atoms with E-state index in [0.29, 0.717) is 29.9 Å². The first-order valence-corrected chi connectivity index (χ1v) is 8.53. The predicted molar refractivity (Wildman–Crippen MR) is 77.8 cm³/mol. The highest BCUT2D eigenvalue weighted by molar-refractivity contribution is 7.91. The number of ether oxygens (including phenoxy) is 1. The number of hydrogen-bond acceptors (Lipinski definition) is 5. The van der Waals surface area contributed by atoms with E-state index in [4.69, 9.17) is 10.5 Å². The molecule has 0 atom stereocenters. The molecule has 0 saturated carbocycles. The molecule has 0 aromatic carbocycles. The van der Waals surface area contributed by atoms with Crippen molar-refractivity contribution in [2.45, 2.75) is 31.5 Å². The second-order valence-electron chi connectivity index (χ2n) is 4.74. The van der Waals surface area contributed by atoms with Gasteiger partial charge in [-0.25, -0.2) is 13.1 Å². The lowest BCUT2D eigenvalue weighted by Crippen LogP contribution is -2.27. The van der Waals surface area contributed by atoms with E-state index in [1.807, 2.05) is 20.8 Å². The number of nitrogens with two attached hydrogens (primary N) is 1. The van der Waals surface area contributed by atoms with Crippen LogP contribution in [-0.2, 0) is 21.3 Å². The Morgan fingerprint density at radius 3 is 2.68 bits per heavy atom. The third-order valence-electron chi connectivity index (χ3n) is 2.44. The summed E-state index contributed by atoms with van der Waals surface area (Å²) in [4.78, 5) is 0.899. The fraction of sp³-hybridized carbons (Fsp3) is 0.667. The largest absolute Gasteiger partial charge is 0.380 e.